The first-order chi connectivity index (χ1) is 13.4. The zero-order valence-electron chi connectivity index (χ0n) is 16.6. The third-order valence-corrected chi connectivity index (χ3v) is 5.24. The van der Waals surface area contributed by atoms with Gasteiger partial charge >= 0.3 is 0 Å². The second-order valence-corrected chi connectivity index (χ2v) is 7.28. The molecule has 3 rings (SSSR count). The van der Waals surface area contributed by atoms with Crippen LogP contribution in [0, 0.1) is 19.8 Å². The number of thiocarbonyl (C=S) groups is 1. The van der Waals surface area contributed by atoms with Gasteiger partial charge in [-0.25, -0.2) is 4.99 Å². The lowest BCUT2D eigenvalue weighted by Crippen LogP contribution is -2.45. The molecule has 0 aliphatic carbocycles. The maximum atomic E-state index is 13.2. The topological polar surface area (TPSA) is 62.7 Å². The van der Waals surface area contributed by atoms with E-state index in [4.69, 9.17) is 17.0 Å². The normalized spacial score (nSPS) is 18.9. The van der Waals surface area contributed by atoms with Crippen molar-refractivity contribution in [3.63, 3.8) is 0 Å². The average molecular weight is 396 g/mol. The standard InChI is InChI=1S/C22H25N3O2S/c1-5-27-17-11-9-16(10-12-17)20-19(15(4)23-22(28)25-20)21(26)24-18-8-6-7-13(2)14(18)3/h6-12,19-20H,5H2,1-4H3,(H,24,26)(H,25,28). The van der Waals surface area contributed by atoms with Gasteiger partial charge in [0.15, 0.2) is 5.11 Å². The molecule has 1 heterocycles. The molecule has 2 aromatic rings. The number of rotatable bonds is 5. The number of anilines is 1. The van der Waals surface area contributed by atoms with Gasteiger partial charge in [0.05, 0.1) is 12.6 Å². The summed E-state index contributed by atoms with van der Waals surface area (Å²) in [5.41, 5.74) is 4.67. The molecule has 0 bridgehead atoms. The molecule has 1 aliphatic rings. The maximum Gasteiger partial charge on any atom is 0.235 e. The lowest BCUT2D eigenvalue weighted by molar-refractivity contribution is -0.118. The number of carbonyl (C=O) groups is 1. The Balaban J connectivity index is 1.90. The molecule has 0 radical (unpaired) electrons. The van der Waals surface area contributed by atoms with E-state index in [1.807, 2.05) is 70.2 Å². The fourth-order valence-electron chi connectivity index (χ4n) is 3.37. The summed E-state index contributed by atoms with van der Waals surface area (Å²) in [4.78, 5) is 17.5. The number of benzene rings is 2. The Labute approximate surface area is 171 Å². The van der Waals surface area contributed by atoms with Crippen LogP contribution in [0.1, 0.15) is 36.6 Å². The van der Waals surface area contributed by atoms with Gasteiger partial charge < -0.3 is 15.4 Å². The van der Waals surface area contributed by atoms with E-state index in [0.29, 0.717) is 17.4 Å². The minimum atomic E-state index is -0.468. The van der Waals surface area contributed by atoms with Gasteiger partial charge in [-0.2, -0.15) is 0 Å². The molecule has 2 N–H and O–H groups in total. The van der Waals surface area contributed by atoms with Crippen molar-refractivity contribution in [1.82, 2.24) is 5.32 Å². The van der Waals surface area contributed by atoms with Crippen molar-refractivity contribution in [1.29, 1.82) is 0 Å². The Morgan fingerprint density at radius 1 is 1.18 bits per heavy atom. The van der Waals surface area contributed by atoms with Crippen molar-refractivity contribution in [3.05, 3.63) is 59.2 Å². The van der Waals surface area contributed by atoms with Gasteiger partial charge in [0.25, 0.3) is 0 Å². The first kappa shape index (κ1) is 20.0. The number of hydrogen-bond acceptors (Lipinski definition) is 3. The summed E-state index contributed by atoms with van der Waals surface area (Å²) in [6.07, 6.45) is 0. The molecule has 6 heteroatoms. The zero-order valence-corrected chi connectivity index (χ0v) is 17.4. The van der Waals surface area contributed by atoms with Crippen LogP contribution in [-0.2, 0) is 4.79 Å². The van der Waals surface area contributed by atoms with Crippen LogP contribution in [0.15, 0.2) is 47.5 Å². The molecule has 1 amide bonds. The quantitative estimate of drug-likeness (QED) is 0.739. The Hall–Kier alpha value is -2.73. The summed E-state index contributed by atoms with van der Waals surface area (Å²) >= 11 is 5.28. The summed E-state index contributed by atoms with van der Waals surface area (Å²) in [6, 6.07) is 13.3. The lowest BCUT2D eigenvalue weighted by Gasteiger charge is -2.32. The van der Waals surface area contributed by atoms with Crippen LogP contribution in [0.5, 0.6) is 5.75 Å². The fourth-order valence-corrected chi connectivity index (χ4v) is 3.64. The summed E-state index contributed by atoms with van der Waals surface area (Å²) < 4.78 is 5.52. The van der Waals surface area contributed by atoms with Crippen LogP contribution < -0.4 is 15.4 Å². The van der Waals surface area contributed by atoms with E-state index in [1.54, 1.807) is 0 Å². The molecule has 5 nitrogen and oxygen atoms in total. The maximum absolute atomic E-state index is 13.2. The molecule has 1 aliphatic heterocycles. The van der Waals surface area contributed by atoms with E-state index < -0.39 is 5.92 Å². The molecule has 2 unspecified atom stereocenters. The molecule has 2 atom stereocenters. The van der Waals surface area contributed by atoms with Crippen molar-refractivity contribution in [2.24, 2.45) is 10.9 Å². The van der Waals surface area contributed by atoms with Crippen molar-refractivity contribution in [3.8, 4) is 5.75 Å². The monoisotopic (exact) mass is 395 g/mol. The van der Waals surface area contributed by atoms with E-state index >= 15 is 0 Å². The molecule has 0 saturated carbocycles. The van der Waals surface area contributed by atoms with Gasteiger partial charge in [-0.3, -0.25) is 4.79 Å². The molecule has 0 aromatic heterocycles. The van der Waals surface area contributed by atoms with Crippen LogP contribution in [0.2, 0.25) is 0 Å². The zero-order chi connectivity index (χ0) is 20.3. The molecular formula is C22H25N3O2S. The van der Waals surface area contributed by atoms with Crippen LogP contribution in [-0.4, -0.2) is 23.3 Å². The van der Waals surface area contributed by atoms with E-state index in [9.17, 15) is 4.79 Å². The SMILES string of the molecule is CCOc1ccc(C2NC(=S)N=C(C)C2C(=O)Nc2cccc(C)c2C)cc1. The molecule has 0 saturated heterocycles. The highest BCUT2D eigenvalue weighted by molar-refractivity contribution is 7.80. The number of hydrogen-bond donors (Lipinski definition) is 2. The van der Waals surface area contributed by atoms with Gasteiger partial charge in [-0.15, -0.1) is 0 Å². The predicted octanol–water partition coefficient (Wildman–Crippen LogP) is 4.35. The second-order valence-electron chi connectivity index (χ2n) is 6.90. The van der Waals surface area contributed by atoms with Crippen molar-refractivity contribution < 1.29 is 9.53 Å². The highest BCUT2D eigenvalue weighted by atomic mass is 32.1. The minimum Gasteiger partial charge on any atom is -0.494 e. The second kappa shape index (κ2) is 8.52. The summed E-state index contributed by atoms with van der Waals surface area (Å²) in [5.74, 6) is 0.222. The molecular weight excluding hydrogens is 370 g/mol. The van der Waals surface area contributed by atoms with Crippen molar-refractivity contribution in [2.75, 3.05) is 11.9 Å². The van der Waals surface area contributed by atoms with Crippen LogP contribution >= 0.6 is 12.2 Å². The summed E-state index contributed by atoms with van der Waals surface area (Å²) in [5, 5.41) is 6.66. The van der Waals surface area contributed by atoms with E-state index in [1.165, 1.54) is 0 Å². The number of ether oxygens (including phenoxy) is 1. The first-order valence-corrected chi connectivity index (χ1v) is 9.77. The Morgan fingerprint density at radius 2 is 1.89 bits per heavy atom. The molecule has 0 fully saturated rings. The molecule has 0 spiro atoms. The van der Waals surface area contributed by atoms with Gasteiger partial charge in [-0.05, 0) is 74.8 Å². The predicted molar refractivity (Wildman–Crippen MR) is 117 cm³/mol. The van der Waals surface area contributed by atoms with Crippen LogP contribution in [0.4, 0.5) is 5.69 Å². The van der Waals surface area contributed by atoms with Crippen LogP contribution in [0.25, 0.3) is 0 Å². The number of nitrogens with zero attached hydrogens (tertiary/aromatic N) is 1. The van der Waals surface area contributed by atoms with Gasteiger partial charge in [0.2, 0.25) is 5.91 Å². The number of carbonyl (C=O) groups excluding carboxylic acids is 1. The van der Waals surface area contributed by atoms with Crippen LogP contribution in [0.3, 0.4) is 0 Å². The number of aliphatic imine (C=N–C) groups is 1. The number of aryl methyl sites for hydroxylation is 1. The third-order valence-electron chi connectivity index (χ3n) is 5.04. The van der Waals surface area contributed by atoms with E-state index in [0.717, 1.165) is 28.1 Å². The van der Waals surface area contributed by atoms with E-state index in [-0.39, 0.29) is 11.9 Å². The third kappa shape index (κ3) is 4.22. The Kier molecular flexibility index (Phi) is 6.09. The van der Waals surface area contributed by atoms with E-state index in [2.05, 4.69) is 15.6 Å². The smallest absolute Gasteiger partial charge is 0.235 e. The highest BCUT2D eigenvalue weighted by Crippen LogP contribution is 2.30. The number of amides is 1. The van der Waals surface area contributed by atoms with Gasteiger partial charge in [0.1, 0.15) is 11.7 Å². The van der Waals surface area contributed by atoms with Gasteiger partial charge in [0, 0.05) is 11.4 Å². The van der Waals surface area contributed by atoms with Gasteiger partial charge in [-0.1, -0.05) is 24.3 Å². The molecule has 2 aromatic carbocycles. The lowest BCUT2D eigenvalue weighted by atomic mass is 9.87. The highest BCUT2D eigenvalue weighted by Gasteiger charge is 2.36. The Bertz CT molecular complexity index is 922. The first-order valence-electron chi connectivity index (χ1n) is 9.36. The van der Waals surface area contributed by atoms with Crippen molar-refractivity contribution in [2.45, 2.75) is 33.7 Å². The number of nitrogens with one attached hydrogen (secondary N) is 2. The Morgan fingerprint density at radius 3 is 2.57 bits per heavy atom. The molecule has 146 valence electrons. The van der Waals surface area contributed by atoms with Crippen molar-refractivity contribution >= 4 is 34.6 Å². The minimum absolute atomic E-state index is 0.108. The largest absolute Gasteiger partial charge is 0.494 e. The summed E-state index contributed by atoms with van der Waals surface area (Å²) in [7, 11) is 0. The molecule has 28 heavy (non-hydrogen) atoms. The fraction of sp³-hybridized carbons (Fsp3) is 0.318. The average Bonchev–Trinajstić information content (AvgIpc) is 2.65. The summed E-state index contributed by atoms with van der Waals surface area (Å²) in [6.45, 7) is 8.44.